The molecule has 0 amide bonds. The van der Waals surface area contributed by atoms with Gasteiger partial charge in [-0.15, -0.1) is 0 Å². The van der Waals surface area contributed by atoms with Crippen LogP contribution in [-0.4, -0.2) is 11.2 Å². The Hall–Kier alpha value is -0.0800. The predicted molar refractivity (Wildman–Crippen MR) is 78.4 cm³/mol. The summed E-state index contributed by atoms with van der Waals surface area (Å²) in [7, 11) is 0. The van der Waals surface area contributed by atoms with E-state index in [4.69, 9.17) is 9.78 Å². The Balaban J connectivity index is 5.12. The van der Waals surface area contributed by atoms with Crippen molar-refractivity contribution >= 4 is 0 Å². The summed E-state index contributed by atoms with van der Waals surface area (Å²) in [5.41, 5.74) is -0.298. The van der Waals surface area contributed by atoms with E-state index in [1.807, 2.05) is 20.8 Å². The molecule has 2 nitrogen and oxygen atoms in total. The molecule has 0 saturated heterocycles. The van der Waals surface area contributed by atoms with Crippen molar-refractivity contribution in [2.24, 2.45) is 16.7 Å². The largest absolute Gasteiger partial charge is 0.230 e. The van der Waals surface area contributed by atoms with Crippen molar-refractivity contribution in [3.05, 3.63) is 0 Å². The summed E-state index contributed by atoms with van der Waals surface area (Å²) < 4.78 is 0. The molecule has 0 heterocycles. The lowest BCUT2D eigenvalue weighted by Gasteiger charge is -2.49. The molecular weight excluding hydrogens is 224 g/mol. The second kappa shape index (κ2) is 5.13. The second-order valence-corrected chi connectivity index (χ2v) is 9.05. The zero-order valence-corrected chi connectivity index (χ0v) is 14.4. The first-order valence-electron chi connectivity index (χ1n) is 6.94. The zero-order chi connectivity index (χ0) is 15.0. The normalized spacial score (nSPS) is 15.3. The van der Waals surface area contributed by atoms with Crippen LogP contribution in [0.4, 0.5) is 0 Å². The van der Waals surface area contributed by atoms with Gasteiger partial charge in [0.15, 0.2) is 0 Å². The maximum Gasteiger partial charge on any atom is 0.102 e. The smallest absolute Gasteiger partial charge is 0.102 e. The van der Waals surface area contributed by atoms with Gasteiger partial charge in [-0.05, 0) is 45.4 Å². The minimum atomic E-state index is -0.330. The summed E-state index contributed by atoms with van der Waals surface area (Å²) in [5.74, 6) is 0.375. The van der Waals surface area contributed by atoms with E-state index in [9.17, 15) is 0 Å². The highest BCUT2D eigenvalue weighted by atomic mass is 17.2. The maximum absolute atomic E-state index is 5.81. The lowest BCUT2D eigenvalue weighted by atomic mass is 9.60. The quantitative estimate of drug-likeness (QED) is 0.510. The van der Waals surface area contributed by atoms with E-state index in [1.165, 1.54) is 0 Å². The summed E-state index contributed by atoms with van der Waals surface area (Å²) >= 11 is 0. The van der Waals surface area contributed by atoms with Crippen LogP contribution in [0.1, 0.15) is 76.2 Å². The van der Waals surface area contributed by atoms with Crippen LogP contribution in [0, 0.1) is 16.7 Å². The molecule has 2 heteroatoms. The van der Waals surface area contributed by atoms with Gasteiger partial charge in [0.05, 0.1) is 5.60 Å². The van der Waals surface area contributed by atoms with Crippen molar-refractivity contribution in [1.29, 1.82) is 0 Å². The highest BCUT2D eigenvalue weighted by Gasteiger charge is 2.47. The van der Waals surface area contributed by atoms with Gasteiger partial charge < -0.3 is 0 Å². The molecule has 0 atom stereocenters. The van der Waals surface area contributed by atoms with E-state index in [-0.39, 0.29) is 22.0 Å². The molecule has 0 N–H and O–H groups in total. The molecule has 0 aliphatic heterocycles. The predicted octanol–water partition coefficient (Wildman–Crippen LogP) is 5.22. The Kier molecular flexibility index (Phi) is 5.10. The molecule has 0 aromatic heterocycles. The SMILES string of the molecule is CC(C)(C)OOC(C)(C)C(C(C)(C)C)C(C)(C)C. The van der Waals surface area contributed by atoms with E-state index >= 15 is 0 Å². The van der Waals surface area contributed by atoms with Crippen LogP contribution in [0.5, 0.6) is 0 Å². The van der Waals surface area contributed by atoms with Gasteiger partial charge in [-0.25, -0.2) is 9.78 Å². The average Bonchev–Trinajstić information content (AvgIpc) is 1.92. The Labute approximate surface area is 114 Å². The van der Waals surface area contributed by atoms with Gasteiger partial charge in [-0.3, -0.25) is 0 Å². The fraction of sp³-hybridized carbons (Fsp3) is 1.00. The van der Waals surface area contributed by atoms with Crippen molar-refractivity contribution in [3.63, 3.8) is 0 Å². The second-order valence-electron chi connectivity index (χ2n) is 9.05. The topological polar surface area (TPSA) is 18.5 Å². The summed E-state index contributed by atoms with van der Waals surface area (Å²) in [5, 5.41) is 0. The molecular formula is C16H34O2. The number of hydrogen-bond acceptors (Lipinski definition) is 2. The summed E-state index contributed by atoms with van der Waals surface area (Å²) in [6.07, 6.45) is 0. The maximum atomic E-state index is 5.81. The van der Waals surface area contributed by atoms with Crippen LogP contribution in [0.3, 0.4) is 0 Å². The van der Waals surface area contributed by atoms with Gasteiger partial charge in [0, 0.05) is 5.92 Å². The third kappa shape index (κ3) is 5.71. The minimum absolute atomic E-state index is 0.156. The van der Waals surface area contributed by atoms with Gasteiger partial charge in [-0.2, -0.15) is 0 Å². The molecule has 110 valence electrons. The van der Waals surface area contributed by atoms with E-state index in [0.29, 0.717) is 5.92 Å². The molecule has 0 saturated carbocycles. The summed E-state index contributed by atoms with van der Waals surface area (Å²) in [6, 6.07) is 0. The fourth-order valence-corrected chi connectivity index (χ4v) is 3.67. The molecule has 0 rings (SSSR count). The Morgan fingerprint density at radius 2 is 0.889 bits per heavy atom. The van der Waals surface area contributed by atoms with Gasteiger partial charge >= 0.3 is 0 Å². The highest BCUT2D eigenvalue weighted by molar-refractivity contribution is 4.94. The van der Waals surface area contributed by atoms with Gasteiger partial charge in [0.25, 0.3) is 0 Å². The van der Waals surface area contributed by atoms with Crippen molar-refractivity contribution in [3.8, 4) is 0 Å². The fourth-order valence-electron chi connectivity index (χ4n) is 3.67. The first kappa shape index (κ1) is 17.9. The van der Waals surface area contributed by atoms with Crippen molar-refractivity contribution < 1.29 is 9.78 Å². The number of hydrogen-bond donors (Lipinski definition) is 0. The standard InChI is InChI=1S/C16H34O2/c1-13(2,3)12(14(4,5)6)16(10,11)18-17-15(7,8)9/h12H,1-11H3. The van der Waals surface area contributed by atoms with Crippen LogP contribution < -0.4 is 0 Å². The lowest BCUT2D eigenvalue weighted by molar-refractivity contribution is -0.415. The third-order valence-electron chi connectivity index (χ3n) is 2.93. The van der Waals surface area contributed by atoms with Crippen LogP contribution in [0.15, 0.2) is 0 Å². The molecule has 0 unspecified atom stereocenters. The monoisotopic (exact) mass is 258 g/mol. The zero-order valence-electron chi connectivity index (χ0n) is 14.4. The van der Waals surface area contributed by atoms with E-state index in [2.05, 4.69) is 55.4 Å². The highest BCUT2D eigenvalue weighted by Crippen LogP contribution is 2.48. The van der Waals surface area contributed by atoms with Crippen LogP contribution in [0.2, 0.25) is 0 Å². The molecule has 18 heavy (non-hydrogen) atoms. The lowest BCUT2D eigenvalue weighted by Crippen LogP contribution is -2.49. The van der Waals surface area contributed by atoms with Crippen molar-refractivity contribution in [2.75, 3.05) is 0 Å². The van der Waals surface area contributed by atoms with Crippen molar-refractivity contribution in [1.82, 2.24) is 0 Å². The van der Waals surface area contributed by atoms with Gasteiger partial charge in [0.2, 0.25) is 0 Å². The van der Waals surface area contributed by atoms with Crippen LogP contribution in [-0.2, 0) is 9.78 Å². The van der Waals surface area contributed by atoms with Crippen molar-refractivity contribution in [2.45, 2.75) is 87.4 Å². The third-order valence-corrected chi connectivity index (χ3v) is 2.93. The number of rotatable bonds is 3. The minimum Gasteiger partial charge on any atom is -0.230 e. The summed E-state index contributed by atoms with van der Waals surface area (Å²) in [4.78, 5) is 11.4. The van der Waals surface area contributed by atoms with E-state index in [1.54, 1.807) is 0 Å². The molecule has 0 bridgehead atoms. The molecule has 0 spiro atoms. The molecule has 0 fully saturated rings. The molecule has 0 aliphatic rings. The van der Waals surface area contributed by atoms with Crippen LogP contribution in [0.25, 0.3) is 0 Å². The first-order valence-corrected chi connectivity index (χ1v) is 6.94. The molecule has 0 aromatic rings. The Morgan fingerprint density at radius 3 is 1.11 bits per heavy atom. The van der Waals surface area contributed by atoms with E-state index < -0.39 is 0 Å². The summed E-state index contributed by atoms with van der Waals surface area (Å²) in [6.45, 7) is 23.9. The Bertz CT molecular complexity index is 244. The molecule has 0 aliphatic carbocycles. The van der Waals surface area contributed by atoms with Gasteiger partial charge in [0.1, 0.15) is 5.60 Å². The first-order chi connectivity index (χ1) is 7.57. The Morgan fingerprint density at radius 1 is 0.556 bits per heavy atom. The molecule has 0 radical (unpaired) electrons. The van der Waals surface area contributed by atoms with Crippen LogP contribution >= 0.6 is 0 Å². The average molecular weight is 258 g/mol. The van der Waals surface area contributed by atoms with E-state index in [0.717, 1.165) is 0 Å². The van der Waals surface area contributed by atoms with Gasteiger partial charge in [-0.1, -0.05) is 41.5 Å². The molecule has 0 aromatic carbocycles.